The smallest absolute Gasteiger partial charge is 0.158 e. The molecule has 0 radical (unpaired) electrons. The fourth-order valence-electron chi connectivity index (χ4n) is 0.796. The van der Waals surface area contributed by atoms with E-state index in [-0.39, 0.29) is 0 Å². The Bertz CT molecular complexity index is 300. The van der Waals surface area contributed by atoms with Crippen molar-refractivity contribution in [3.8, 4) is 6.07 Å². The van der Waals surface area contributed by atoms with E-state index in [0.717, 1.165) is 0 Å². The Labute approximate surface area is 71.4 Å². The van der Waals surface area contributed by atoms with E-state index in [4.69, 9.17) is 5.26 Å². The van der Waals surface area contributed by atoms with Crippen LogP contribution in [0.1, 0.15) is 5.56 Å². The highest BCUT2D eigenvalue weighted by molar-refractivity contribution is 5.50. The minimum Gasteiger partial charge on any atom is -0.303 e. The molecule has 0 unspecified atom stereocenters. The molecule has 0 aliphatic heterocycles. The van der Waals surface area contributed by atoms with Crippen molar-refractivity contribution in [2.24, 2.45) is 0 Å². The molecular formula is C8H10N4. The van der Waals surface area contributed by atoms with E-state index in [0.29, 0.717) is 11.4 Å². The van der Waals surface area contributed by atoms with Crippen LogP contribution in [-0.4, -0.2) is 24.1 Å². The van der Waals surface area contributed by atoms with Crippen LogP contribution in [0.25, 0.3) is 0 Å². The summed E-state index contributed by atoms with van der Waals surface area (Å²) in [4.78, 5) is 4.01. The summed E-state index contributed by atoms with van der Waals surface area (Å²) >= 11 is 0. The lowest BCUT2D eigenvalue weighted by Crippen LogP contribution is -2.21. The number of nitrogens with zero attached hydrogens (tertiary/aromatic N) is 3. The average molecular weight is 162 g/mol. The molecule has 1 N–H and O–H groups in total. The lowest BCUT2D eigenvalue weighted by molar-refractivity contribution is 0.492. The van der Waals surface area contributed by atoms with Gasteiger partial charge in [-0.25, -0.2) is 9.99 Å². The number of nitriles is 1. The molecule has 0 amide bonds. The van der Waals surface area contributed by atoms with Crippen molar-refractivity contribution in [3.05, 3.63) is 23.9 Å². The topological polar surface area (TPSA) is 52.0 Å². The molecule has 1 aromatic heterocycles. The molecule has 0 atom stereocenters. The van der Waals surface area contributed by atoms with Crippen molar-refractivity contribution in [2.45, 2.75) is 0 Å². The van der Waals surface area contributed by atoms with Gasteiger partial charge in [0.2, 0.25) is 0 Å². The normalized spacial score (nSPS) is 9.50. The average Bonchev–Trinajstić information content (AvgIpc) is 2.04. The largest absolute Gasteiger partial charge is 0.303 e. The van der Waals surface area contributed by atoms with Crippen LogP contribution in [0, 0.1) is 11.3 Å². The van der Waals surface area contributed by atoms with Crippen molar-refractivity contribution in [1.82, 2.24) is 9.99 Å². The van der Waals surface area contributed by atoms with Crippen molar-refractivity contribution in [1.29, 1.82) is 5.26 Å². The molecule has 62 valence electrons. The van der Waals surface area contributed by atoms with Crippen molar-refractivity contribution in [3.63, 3.8) is 0 Å². The first-order valence-corrected chi connectivity index (χ1v) is 3.53. The van der Waals surface area contributed by atoms with Crippen LogP contribution in [0.5, 0.6) is 0 Å². The molecule has 4 heteroatoms. The Balaban J connectivity index is 2.91. The number of hydrogen-bond donors (Lipinski definition) is 1. The second kappa shape index (κ2) is 3.69. The van der Waals surface area contributed by atoms with Crippen molar-refractivity contribution < 1.29 is 0 Å². The fraction of sp³-hybridized carbons (Fsp3) is 0.250. The minimum absolute atomic E-state index is 0.547. The van der Waals surface area contributed by atoms with E-state index in [9.17, 15) is 0 Å². The SMILES string of the molecule is CN(C)Nc1ncccc1C#N. The molecule has 12 heavy (non-hydrogen) atoms. The second-order valence-electron chi connectivity index (χ2n) is 2.52. The molecule has 0 saturated heterocycles. The van der Waals surface area contributed by atoms with E-state index in [2.05, 4.69) is 10.4 Å². The summed E-state index contributed by atoms with van der Waals surface area (Å²) in [5.41, 5.74) is 3.47. The van der Waals surface area contributed by atoms with Crippen LogP contribution in [0.15, 0.2) is 18.3 Å². The van der Waals surface area contributed by atoms with Gasteiger partial charge in [-0.1, -0.05) is 0 Å². The lowest BCUT2D eigenvalue weighted by atomic mass is 10.3. The first-order chi connectivity index (χ1) is 5.74. The van der Waals surface area contributed by atoms with Crippen LogP contribution in [0.3, 0.4) is 0 Å². The van der Waals surface area contributed by atoms with Gasteiger partial charge in [-0.2, -0.15) is 5.26 Å². The Morgan fingerprint density at radius 3 is 2.92 bits per heavy atom. The minimum atomic E-state index is 0.547. The number of rotatable bonds is 2. The molecule has 0 aliphatic carbocycles. The molecule has 0 fully saturated rings. The predicted octanol–water partition coefficient (Wildman–Crippen LogP) is 0.842. The summed E-state index contributed by atoms with van der Waals surface area (Å²) in [6.45, 7) is 0. The zero-order valence-electron chi connectivity index (χ0n) is 7.07. The Morgan fingerprint density at radius 2 is 2.33 bits per heavy atom. The van der Waals surface area contributed by atoms with Gasteiger partial charge < -0.3 is 5.43 Å². The van der Waals surface area contributed by atoms with Gasteiger partial charge in [-0.05, 0) is 12.1 Å². The van der Waals surface area contributed by atoms with Crippen LogP contribution >= 0.6 is 0 Å². The number of hydrazine groups is 1. The summed E-state index contributed by atoms with van der Waals surface area (Å²) < 4.78 is 0. The van der Waals surface area contributed by atoms with Gasteiger partial charge in [-0.15, -0.1) is 0 Å². The Kier molecular flexibility index (Phi) is 2.62. The monoisotopic (exact) mass is 162 g/mol. The number of nitrogens with one attached hydrogen (secondary N) is 1. The van der Waals surface area contributed by atoms with E-state index >= 15 is 0 Å². The van der Waals surface area contributed by atoms with Crippen LogP contribution in [-0.2, 0) is 0 Å². The van der Waals surface area contributed by atoms with Gasteiger partial charge in [0, 0.05) is 20.3 Å². The summed E-state index contributed by atoms with van der Waals surface area (Å²) in [7, 11) is 3.69. The van der Waals surface area contributed by atoms with Crippen LogP contribution in [0.4, 0.5) is 5.82 Å². The van der Waals surface area contributed by atoms with Crippen molar-refractivity contribution >= 4 is 5.82 Å². The number of pyridine rings is 1. The molecule has 0 aromatic carbocycles. The molecule has 0 aliphatic rings. The summed E-state index contributed by atoms with van der Waals surface area (Å²) in [6.07, 6.45) is 1.65. The molecular weight excluding hydrogens is 152 g/mol. The van der Waals surface area contributed by atoms with E-state index in [1.807, 2.05) is 20.2 Å². The second-order valence-corrected chi connectivity index (χ2v) is 2.52. The zero-order valence-corrected chi connectivity index (χ0v) is 7.07. The highest BCUT2D eigenvalue weighted by atomic mass is 15.5. The third-order valence-electron chi connectivity index (χ3n) is 1.26. The molecule has 0 spiro atoms. The Hall–Kier alpha value is -1.60. The van der Waals surface area contributed by atoms with Gasteiger partial charge in [0.05, 0.1) is 5.56 Å². The highest BCUT2D eigenvalue weighted by Crippen LogP contribution is 2.08. The van der Waals surface area contributed by atoms with Crippen LogP contribution in [0.2, 0.25) is 0 Å². The predicted molar refractivity (Wildman–Crippen MR) is 46.3 cm³/mol. The maximum atomic E-state index is 8.68. The quantitative estimate of drug-likeness (QED) is 0.655. The first kappa shape index (κ1) is 8.50. The first-order valence-electron chi connectivity index (χ1n) is 3.53. The summed E-state index contributed by atoms with van der Waals surface area (Å²) in [6, 6.07) is 5.51. The third kappa shape index (κ3) is 1.94. The number of anilines is 1. The standard InChI is InChI=1S/C8H10N4/c1-12(2)11-8-7(6-9)4-3-5-10-8/h3-5H,1-2H3,(H,10,11). The summed E-state index contributed by atoms with van der Waals surface area (Å²) in [5.74, 6) is 0.588. The number of hydrogen-bond acceptors (Lipinski definition) is 4. The van der Waals surface area contributed by atoms with E-state index in [1.54, 1.807) is 23.3 Å². The molecule has 1 aromatic rings. The zero-order chi connectivity index (χ0) is 8.97. The number of aromatic nitrogens is 1. The fourth-order valence-corrected chi connectivity index (χ4v) is 0.796. The summed E-state index contributed by atoms with van der Waals surface area (Å²) in [5, 5.41) is 10.4. The van der Waals surface area contributed by atoms with Gasteiger partial charge in [-0.3, -0.25) is 0 Å². The molecule has 4 nitrogen and oxygen atoms in total. The molecule has 1 rings (SSSR count). The van der Waals surface area contributed by atoms with Gasteiger partial charge >= 0.3 is 0 Å². The van der Waals surface area contributed by atoms with Crippen molar-refractivity contribution in [2.75, 3.05) is 19.5 Å². The molecule has 0 bridgehead atoms. The van der Waals surface area contributed by atoms with E-state index in [1.165, 1.54) is 0 Å². The maximum absolute atomic E-state index is 8.68. The Morgan fingerprint density at radius 1 is 1.58 bits per heavy atom. The van der Waals surface area contributed by atoms with Crippen LogP contribution < -0.4 is 5.43 Å². The van der Waals surface area contributed by atoms with Gasteiger partial charge in [0.1, 0.15) is 6.07 Å². The van der Waals surface area contributed by atoms with Gasteiger partial charge in [0.15, 0.2) is 5.82 Å². The molecule has 1 heterocycles. The lowest BCUT2D eigenvalue weighted by Gasteiger charge is -2.12. The molecule has 0 saturated carbocycles. The van der Waals surface area contributed by atoms with E-state index < -0.39 is 0 Å². The van der Waals surface area contributed by atoms with Gasteiger partial charge in [0.25, 0.3) is 0 Å². The maximum Gasteiger partial charge on any atom is 0.158 e. The third-order valence-corrected chi connectivity index (χ3v) is 1.26. The highest BCUT2D eigenvalue weighted by Gasteiger charge is 2.00.